The number of rotatable bonds is 6. The maximum Gasteiger partial charge on any atom is 0.306 e. The van der Waals surface area contributed by atoms with Crippen molar-refractivity contribution in [3.05, 3.63) is 12.2 Å². The minimum Gasteiger partial charge on any atom is -0.469 e. The second kappa shape index (κ2) is 6.90. The second-order valence-electron chi connectivity index (χ2n) is 6.08. The maximum absolute atomic E-state index is 11.6. The van der Waals surface area contributed by atoms with Gasteiger partial charge in [-0.1, -0.05) is 31.9 Å². The van der Waals surface area contributed by atoms with Crippen molar-refractivity contribution < 1.29 is 23.7 Å². The molecule has 2 heterocycles. The minimum absolute atomic E-state index is 0.0675. The molecule has 0 aliphatic carbocycles. The van der Waals surface area contributed by atoms with Gasteiger partial charge >= 0.3 is 5.97 Å². The highest BCUT2D eigenvalue weighted by Crippen LogP contribution is 2.42. The average Bonchev–Trinajstić information content (AvgIpc) is 2.88. The summed E-state index contributed by atoms with van der Waals surface area (Å²) in [6.07, 6.45) is 6.96. The molecule has 2 saturated heterocycles. The molecule has 21 heavy (non-hydrogen) atoms. The Labute approximate surface area is 126 Å². The summed E-state index contributed by atoms with van der Waals surface area (Å²) in [5.41, 5.74) is 0. The summed E-state index contributed by atoms with van der Waals surface area (Å²) in [7, 11) is 1.40. The molecule has 0 aromatic rings. The molecule has 2 fully saturated rings. The number of hydrogen-bond acceptors (Lipinski definition) is 5. The number of carbonyl (C=O) groups is 1. The molecule has 1 unspecified atom stereocenters. The van der Waals surface area contributed by atoms with E-state index in [0.29, 0.717) is 0 Å². The van der Waals surface area contributed by atoms with Crippen molar-refractivity contribution >= 4 is 5.97 Å². The first kappa shape index (κ1) is 16.5. The number of ether oxygens (including phenoxy) is 4. The lowest BCUT2D eigenvalue weighted by atomic mass is 9.94. The molecule has 0 N–H and O–H groups in total. The molecule has 0 aromatic heterocycles. The molecule has 0 spiro atoms. The predicted octanol–water partition coefficient (Wildman–Crippen LogP) is 2.79. The third-order valence-corrected chi connectivity index (χ3v) is 3.90. The number of fused-ring (bicyclic) bond motifs is 1. The van der Waals surface area contributed by atoms with E-state index in [2.05, 4.69) is 13.0 Å². The molecule has 4 atom stereocenters. The number of esters is 1. The summed E-state index contributed by atoms with van der Waals surface area (Å²) >= 11 is 0. The van der Waals surface area contributed by atoms with E-state index in [4.69, 9.17) is 18.9 Å². The van der Waals surface area contributed by atoms with Gasteiger partial charge in [-0.2, -0.15) is 0 Å². The van der Waals surface area contributed by atoms with Crippen molar-refractivity contribution in [3.8, 4) is 0 Å². The number of carbonyl (C=O) groups excluding carboxylic acids is 1. The van der Waals surface area contributed by atoms with E-state index < -0.39 is 12.1 Å². The molecule has 120 valence electrons. The largest absolute Gasteiger partial charge is 0.469 e. The van der Waals surface area contributed by atoms with Crippen LogP contribution in [0.25, 0.3) is 0 Å². The third kappa shape index (κ3) is 4.05. The number of methoxy groups -OCH3 is 1. The van der Waals surface area contributed by atoms with Gasteiger partial charge in [-0.05, 0) is 20.3 Å². The quantitative estimate of drug-likeness (QED) is 0.429. The van der Waals surface area contributed by atoms with Gasteiger partial charge in [0.2, 0.25) is 0 Å². The number of allylic oxidation sites excluding steroid dienone is 1. The standard InChI is InChI=1S/C16H26O5/c1-5-6-7-8-9-12-11(10-13(17)18-4)14-15(19-12)21-16(2,3)20-14/h8-9,11-12,14-15H,5-7,10H2,1-4H3/b9-8-/t11-,12?,14-,15-/m1/s1. The Hall–Kier alpha value is -0.910. The van der Waals surface area contributed by atoms with Crippen LogP contribution in [0.3, 0.4) is 0 Å². The highest BCUT2D eigenvalue weighted by Gasteiger charge is 2.54. The first-order valence-electron chi connectivity index (χ1n) is 7.71. The Morgan fingerprint density at radius 1 is 1.33 bits per heavy atom. The van der Waals surface area contributed by atoms with Crippen LogP contribution in [0.2, 0.25) is 0 Å². The monoisotopic (exact) mass is 298 g/mol. The first-order valence-corrected chi connectivity index (χ1v) is 7.71. The van der Waals surface area contributed by atoms with E-state index in [0.717, 1.165) is 19.3 Å². The van der Waals surface area contributed by atoms with Crippen molar-refractivity contribution in [1.82, 2.24) is 0 Å². The van der Waals surface area contributed by atoms with Gasteiger partial charge in [0.1, 0.15) is 6.10 Å². The van der Waals surface area contributed by atoms with Crippen LogP contribution in [0.5, 0.6) is 0 Å². The molecule has 2 rings (SSSR count). The van der Waals surface area contributed by atoms with E-state index in [9.17, 15) is 4.79 Å². The fourth-order valence-electron chi connectivity index (χ4n) is 2.84. The molecular weight excluding hydrogens is 272 g/mol. The van der Waals surface area contributed by atoms with Crippen LogP contribution >= 0.6 is 0 Å². The van der Waals surface area contributed by atoms with Crippen LogP contribution in [0.15, 0.2) is 12.2 Å². The predicted molar refractivity (Wildman–Crippen MR) is 77.5 cm³/mol. The normalized spacial score (nSPS) is 34.3. The van der Waals surface area contributed by atoms with Gasteiger partial charge in [-0.15, -0.1) is 0 Å². The Morgan fingerprint density at radius 2 is 2.10 bits per heavy atom. The summed E-state index contributed by atoms with van der Waals surface area (Å²) in [6.45, 7) is 5.88. The van der Waals surface area contributed by atoms with Gasteiger partial charge < -0.3 is 18.9 Å². The van der Waals surface area contributed by atoms with E-state index >= 15 is 0 Å². The molecule has 2 aliphatic rings. The summed E-state index contributed by atoms with van der Waals surface area (Å²) in [5.74, 6) is -0.979. The smallest absolute Gasteiger partial charge is 0.306 e. The SMILES string of the molecule is CCCC/C=C\C1O[C@@H]2OC(C)(C)O[C@@H]2[C@@H]1CC(=O)OC. The second-order valence-corrected chi connectivity index (χ2v) is 6.08. The molecule has 0 aromatic carbocycles. The number of unbranched alkanes of at least 4 members (excludes halogenated alkanes) is 2. The van der Waals surface area contributed by atoms with Crippen molar-refractivity contribution in [2.45, 2.75) is 70.7 Å². The van der Waals surface area contributed by atoms with Gasteiger partial charge in [0, 0.05) is 5.92 Å². The van der Waals surface area contributed by atoms with Crippen molar-refractivity contribution in [2.24, 2.45) is 5.92 Å². The molecule has 0 amide bonds. The van der Waals surface area contributed by atoms with Crippen molar-refractivity contribution in [2.75, 3.05) is 7.11 Å². The first-order chi connectivity index (χ1) is 9.96. The maximum atomic E-state index is 11.6. The van der Waals surface area contributed by atoms with E-state index in [1.54, 1.807) is 0 Å². The molecule has 2 aliphatic heterocycles. The molecule has 5 heteroatoms. The summed E-state index contributed by atoms with van der Waals surface area (Å²) in [4.78, 5) is 11.6. The van der Waals surface area contributed by atoms with Crippen molar-refractivity contribution in [3.63, 3.8) is 0 Å². The van der Waals surface area contributed by atoms with E-state index in [1.165, 1.54) is 7.11 Å². The molecule has 5 nitrogen and oxygen atoms in total. The van der Waals surface area contributed by atoms with Crippen LogP contribution in [-0.2, 0) is 23.7 Å². The third-order valence-electron chi connectivity index (χ3n) is 3.90. The summed E-state index contributed by atoms with van der Waals surface area (Å²) in [6, 6.07) is 0. The van der Waals surface area contributed by atoms with Crippen LogP contribution in [0, 0.1) is 5.92 Å². The molecule has 0 bridgehead atoms. The van der Waals surface area contributed by atoms with Crippen LogP contribution in [0.1, 0.15) is 46.5 Å². The van der Waals surface area contributed by atoms with Gasteiger partial charge in [0.25, 0.3) is 0 Å². The lowest BCUT2D eigenvalue weighted by Gasteiger charge is -2.23. The Balaban J connectivity index is 2.03. The number of hydrogen-bond donors (Lipinski definition) is 0. The van der Waals surface area contributed by atoms with Gasteiger partial charge in [-0.3, -0.25) is 4.79 Å². The fourth-order valence-corrected chi connectivity index (χ4v) is 2.84. The highest BCUT2D eigenvalue weighted by atomic mass is 16.8. The van der Waals surface area contributed by atoms with E-state index in [1.807, 2.05) is 19.9 Å². The summed E-state index contributed by atoms with van der Waals surface area (Å²) < 4.78 is 22.4. The molecule has 0 saturated carbocycles. The highest BCUT2D eigenvalue weighted by molar-refractivity contribution is 5.69. The zero-order chi connectivity index (χ0) is 15.5. The van der Waals surface area contributed by atoms with Crippen LogP contribution < -0.4 is 0 Å². The lowest BCUT2D eigenvalue weighted by molar-refractivity contribution is -0.205. The Kier molecular flexibility index (Phi) is 5.41. The van der Waals surface area contributed by atoms with Crippen LogP contribution in [0.4, 0.5) is 0 Å². The van der Waals surface area contributed by atoms with Crippen molar-refractivity contribution in [1.29, 1.82) is 0 Å². The summed E-state index contributed by atoms with van der Waals surface area (Å²) in [5, 5.41) is 0. The zero-order valence-corrected chi connectivity index (χ0v) is 13.3. The molecular formula is C16H26O5. The topological polar surface area (TPSA) is 54.0 Å². The minimum atomic E-state index is -0.666. The van der Waals surface area contributed by atoms with Crippen LogP contribution in [-0.4, -0.2) is 37.4 Å². The Morgan fingerprint density at radius 3 is 2.76 bits per heavy atom. The van der Waals surface area contributed by atoms with E-state index in [-0.39, 0.29) is 30.5 Å². The zero-order valence-electron chi connectivity index (χ0n) is 13.3. The molecule has 0 radical (unpaired) electrons. The van der Waals surface area contributed by atoms with Gasteiger partial charge in [0.05, 0.1) is 19.6 Å². The average molecular weight is 298 g/mol. The van der Waals surface area contributed by atoms with Gasteiger partial charge in [-0.25, -0.2) is 0 Å². The lowest BCUT2D eigenvalue weighted by Crippen LogP contribution is -2.31. The fraction of sp³-hybridized carbons (Fsp3) is 0.812. The Bertz CT molecular complexity index is 390. The van der Waals surface area contributed by atoms with Gasteiger partial charge in [0.15, 0.2) is 12.1 Å².